The van der Waals surface area contributed by atoms with Crippen LogP contribution in [0.25, 0.3) is 0 Å². The minimum absolute atomic E-state index is 0.302. The van der Waals surface area contributed by atoms with E-state index in [2.05, 4.69) is 0 Å². The maximum Gasteiger partial charge on any atom is 0.315 e. The first-order valence-electron chi connectivity index (χ1n) is 4.53. The van der Waals surface area contributed by atoms with Gasteiger partial charge in [-0.25, -0.2) is 0 Å². The van der Waals surface area contributed by atoms with Gasteiger partial charge in [0.2, 0.25) is 0 Å². The molecular weight excluding hydrogens is 214 g/mol. The van der Waals surface area contributed by atoms with Crippen molar-refractivity contribution in [3.8, 4) is 0 Å². The van der Waals surface area contributed by atoms with Crippen molar-refractivity contribution in [3.05, 3.63) is 28.8 Å². The van der Waals surface area contributed by atoms with Gasteiger partial charge in [0.05, 0.1) is 23.2 Å². The minimum Gasteiger partial charge on any atom is -0.468 e. The second-order valence-electron chi connectivity index (χ2n) is 3.85. The highest BCUT2D eigenvalue weighted by Crippen LogP contribution is 2.29. The number of esters is 1. The normalized spacial score (nSPS) is 11.2. The SMILES string of the molecule is COC(=O)C(C)(C)c1ccc(N)c(Cl)c1. The molecular formula is C11H14ClNO2. The number of carbonyl (C=O) groups is 1. The van der Waals surface area contributed by atoms with Gasteiger partial charge in [0.25, 0.3) is 0 Å². The molecule has 1 aromatic rings. The Labute approximate surface area is 94.2 Å². The zero-order valence-corrected chi connectivity index (χ0v) is 9.76. The molecule has 2 N–H and O–H groups in total. The van der Waals surface area contributed by atoms with Crippen LogP contribution < -0.4 is 5.73 Å². The molecule has 0 saturated carbocycles. The number of ether oxygens (including phenoxy) is 1. The van der Waals surface area contributed by atoms with Gasteiger partial charge in [-0.2, -0.15) is 0 Å². The van der Waals surface area contributed by atoms with E-state index >= 15 is 0 Å². The van der Waals surface area contributed by atoms with Crippen LogP contribution in [0.3, 0.4) is 0 Å². The van der Waals surface area contributed by atoms with Crippen molar-refractivity contribution < 1.29 is 9.53 Å². The largest absolute Gasteiger partial charge is 0.468 e. The molecule has 0 heterocycles. The highest BCUT2D eigenvalue weighted by atomic mass is 35.5. The average molecular weight is 228 g/mol. The molecule has 0 aliphatic carbocycles. The topological polar surface area (TPSA) is 52.3 Å². The zero-order chi connectivity index (χ0) is 11.6. The fraction of sp³-hybridized carbons (Fsp3) is 0.364. The summed E-state index contributed by atoms with van der Waals surface area (Å²) in [4.78, 5) is 11.5. The van der Waals surface area contributed by atoms with Crippen molar-refractivity contribution in [2.24, 2.45) is 0 Å². The van der Waals surface area contributed by atoms with E-state index in [9.17, 15) is 4.79 Å². The first-order valence-corrected chi connectivity index (χ1v) is 4.91. The Bertz CT molecular complexity index is 388. The number of benzene rings is 1. The molecule has 0 spiro atoms. The summed E-state index contributed by atoms with van der Waals surface area (Å²) in [5.41, 5.74) is 6.16. The highest BCUT2D eigenvalue weighted by Gasteiger charge is 2.31. The Morgan fingerprint density at radius 3 is 2.53 bits per heavy atom. The average Bonchev–Trinajstić information content (AvgIpc) is 2.20. The molecule has 15 heavy (non-hydrogen) atoms. The van der Waals surface area contributed by atoms with Crippen LogP contribution >= 0.6 is 11.6 Å². The molecule has 1 aromatic carbocycles. The first-order chi connectivity index (χ1) is 6.89. The molecule has 1 rings (SSSR count). The van der Waals surface area contributed by atoms with Gasteiger partial charge in [0.1, 0.15) is 0 Å². The quantitative estimate of drug-likeness (QED) is 0.624. The molecule has 82 valence electrons. The first kappa shape index (κ1) is 11.9. The summed E-state index contributed by atoms with van der Waals surface area (Å²) in [5.74, 6) is -0.302. The maximum absolute atomic E-state index is 11.5. The van der Waals surface area contributed by atoms with Crippen molar-refractivity contribution in [3.63, 3.8) is 0 Å². The van der Waals surface area contributed by atoms with E-state index in [1.165, 1.54) is 7.11 Å². The second-order valence-corrected chi connectivity index (χ2v) is 4.26. The number of nitrogen functional groups attached to an aromatic ring is 1. The summed E-state index contributed by atoms with van der Waals surface area (Å²) in [5, 5.41) is 0.449. The van der Waals surface area contributed by atoms with E-state index in [1.54, 1.807) is 32.0 Å². The fourth-order valence-corrected chi connectivity index (χ4v) is 1.47. The lowest BCUT2D eigenvalue weighted by molar-refractivity contribution is -0.146. The monoisotopic (exact) mass is 227 g/mol. The lowest BCUT2D eigenvalue weighted by Crippen LogP contribution is -2.30. The second kappa shape index (κ2) is 4.11. The number of nitrogens with two attached hydrogens (primary N) is 1. The number of halogens is 1. The lowest BCUT2D eigenvalue weighted by atomic mass is 9.85. The molecule has 0 amide bonds. The van der Waals surface area contributed by atoms with Crippen LogP contribution in [0.1, 0.15) is 19.4 Å². The minimum atomic E-state index is -0.716. The third kappa shape index (κ3) is 2.23. The third-order valence-electron chi connectivity index (χ3n) is 2.42. The molecule has 0 atom stereocenters. The van der Waals surface area contributed by atoms with Gasteiger partial charge in [0.15, 0.2) is 0 Å². The Morgan fingerprint density at radius 1 is 1.47 bits per heavy atom. The van der Waals surface area contributed by atoms with Crippen LogP contribution in [0.5, 0.6) is 0 Å². The predicted octanol–water partition coefficient (Wildman–Crippen LogP) is 2.37. The van der Waals surface area contributed by atoms with Crippen molar-refractivity contribution in [1.82, 2.24) is 0 Å². The van der Waals surface area contributed by atoms with E-state index in [0.717, 1.165) is 5.56 Å². The highest BCUT2D eigenvalue weighted by molar-refractivity contribution is 6.33. The van der Waals surface area contributed by atoms with Crippen molar-refractivity contribution in [2.75, 3.05) is 12.8 Å². The number of carbonyl (C=O) groups excluding carboxylic acids is 1. The number of hydrogen-bond acceptors (Lipinski definition) is 3. The molecule has 0 aliphatic rings. The summed E-state index contributed by atoms with van der Waals surface area (Å²) in [7, 11) is 1.36. The molecule has 3 nitrogen and oxygen atoms in total. The van der Waals surface area contributed by atoms with Crippen LogP contribution in [-0.2, 0) is 14.9 Å². The van der Waals surface area contributed by atoms with Crippen LogP contribution in [-0.4, -0.2) is 13.1 Å². The van der Waals surface area contributed by atoms with Crippen LogP contribution in [0, 0.1) is 0 Å². The Balaban J connectivity index is 3.16. The molecule has 0 fully saturated rings. The number of anilines is 1. The van der Waals surface area contributed by atoms with Crippen LogP contribution in [0.4, 0.5) is 5.69 Å². The molecule has 0 unspecified atom stereocenters. The zero-order valence-electron chi connectivity index (χ0n) is 9.00. The summed E-state index contributed by atoms with van der Waals surface area (Å²) in [6.45, 7) is 3.56. The van der Waals surface area contributed by atoms with Crippen LogP contribution in [0.15, 0.2) is 18.2 Å². The molecule has 0 saturated heterocycles. The Hall–Kier alpha value is -1.22. The van der Waals surface area contributed by atoms with Gasteiger partial charge in [-0.15, -0.1) is 0 Å². The van der Waals surface area contributed by atoms with Crippen LogP contribution in [0.2, 0.25) is 5.02 Å². The molecule has 0 bridgehead atoms. The number of rotatable bonds is 2. The molecule has 4 heteroatoms. The summed E-state index contributed by atoms with van der Waals surface area (Å²) < 4.78 is 4.73. The lowest BCUT2D eigenvalue weighted by Gasteiger charge is -2.22. The van der Waals surface area contributed by atoms with E-state index in [0.29, 0.717) is 10.7 Å². The van der Waals surface area contributed by atoms with Gasteiger partial charge >= 0.3 is 5.97 Å². The fourth-order valence-electron chi connectivity index (χ4n) is 1.29. The van der Waals surface area contributed by atoms with Gasteiger partial charge in [0, 0.05) is 0 Å². The molecule has 0 radical (unpaired) electrons. The number of methoxy groups -OCH3 is 1. The van der Waals surface area contributed by atoms with Gasteiger partial charge in [-0.1, -0.05) is 17.7 Å². The predicted molar refractivity (Wildman–Crippen MR) is 60.9 cm³/mol. The third-order valence-corrected chi connectivity index (χ3v) is 2.75. The standard InChI is InChI=1S/C11H14ClNO2/c1-11(2,10(14)15-3)7-4-5-9(13)8(12)6-7/h4-6H,13H2,1-3H3. The van der Waals surface area contributed by atoms with Gasteiger partial charge in [-0.05, 0) is 31.5 Å². The summed E-state index contributed by atoms with van der Waals surface area (Å²) >= 11 is 5.89. The van der Waals surface area contributed by atoms with Gasteiger partial charge in [-0.3, -0.25) is 4.79 Å². The Morgan fingerprint density at radius 2 is 2.07 bits per heavy atom. The maximum atomic E-state index is 11.5. The molecule has 0 aromatic heterocycles. The van der Waals surface area contributed by atoms with Gasteiger partial charge < -0.3 is 10.5 Å². The summed E-state index contributed by atoms with van der Waals surface area (Å²) in [6.07, 6.45) is 0. The van der Waals surface area contributed by atoms with Crippen molar-refractivity contribution >= 4 is 23.3 Å². The molecule has 0 aliphatic heterocycles. The smallest absolute Gasteiger partial charge is 0.315 e. The van der Waals surface area contributed by atoms with Crippen molar-refractivity contribution in [1.29, 1.82) is 0 Å². The summed E-state index contributed by atoms with van der Waals surface area (Å²) in [6, 6.07) is 5.15. The van der Waals surface area contributed by atoms with E-state index < -0.39 is 5.41 Å². The van der Waals surface area contributed by atoms with Crippen molar-refractivity contribution in [2.45, 2.75) is 19.3 Å². The van der Waals surface area contributed by atoms with E-state index in [4.69, 9.17) is 22.1 Å². The van der Waals surface area contributed by atoms with E-state index in [1.807, 2.05) is 0 Å². The Kier molecular flexibility index (Phi) is 3.25. The number of hydrogen-bond donors (Lipinski definition) is 1. The van der Waals surface area contributed by atoms with E-state index in [-0.39, 0.29) is 5.97 Å².